The Morgan fingerprint density at radius 3 is 1.95 bits per heavy atom. The number of aliphatic hydroxyl groups is 1. The smallest absolute Gasteiger partial charge is 0.248 e. The van der Waals surface area contributed by atoms with Gasteiger partial charge in [-0.2, -0.15) is 0 Å². The summed E-state index contributed by atoms with van der Waals surface area (Å²) < 4.78 is 5.61. The van der Waals surface area contributed by atoms with Crippen LogP contribution in [-0.4, -0.2) is 11.0 Å². The quantitative estimate of drug-likeness (QED) is 0.884. The lowest BCUT2D eigenvalue weighted by Crippen LogP contribution is -2.10. The molecule has 0 aliphatic rings. The Morgan fingerprint density at radius 2 is 1.53 bits per heavy atom. The van der Waals surface area contributed by atoms with Crippen molar-refractivity contribution in [1.82, 2.24) is 0 Å². The fourth-order valence-electron chi connectivity index (χ4n) is 1.64. The van der Waals surface area contributed by atoms with Crippen LogP contribution in [0.4, 0.5) is 0 Å². The van der Waals surface area contributed by atoms with Crippen LogP contribution in [0.5, 0.6) is 11.5 Å². The molecule has 98 valence electrons. The molecule has 0 fully saturated rings. The highest BCUT2D eigenvalue weighted by atomic mass is 16.5. The van der Waals surface area contributed by atoms with E-state index in [1.54, 1.807) is 55.5 Å². The first kappa shape index (κ1) is 13.1. The average Bonchev–Trinajstić information content (AvgIpc) is 2.40. The molecule has 1 atom stereocenters. The molecule has 4 heteroatoms. The van der Waals surface area contributed by atoms with E-state index >= 15 is 0 Å². The number of ether oxygens (including phenoxy) is 1. The summed E-state index contributed by atoms with van der Waals surface area (Å²) in [5, 5.41) is 9.40. The van der Waals surface area contributed by atoms with Crippen molar-refractivity contribution in [2.75, 3.05) is 0 Å². The SMILES string of the molecule is C[C@@H](O)c1ccc(Oc2ccc(C(N)=O)cc2)cc1. The summed E-state index contributed by atoms with van der Waals surface area (Å²) in [6, 6.07) is 13.8. The summed E-state index contributed by atoms with van der Waals surface area (Å²) in [6.45, 7) is 1.71. The van der Waals surface area contributed by atoms with Crippen molar-refractivity contribution in [3.8, 4) is 11.5 Å². The predicted octanol–water partition coefficient (Wildman–Crippen LogP) is 2.63. The fourth-order valence-corrected chi connectivity index (χ4v) is 1.64. The number of nitrogens with two attached hydrogens (primary N) is 1. The summed E-state index contributed by atoms with van der Waals surface area (Å²) in [5.41, 5.74) is 6.43. The summed E-state index contributed by atoms with van der Waals surface area (Å²) in [4.78, 5) is 10.9. The maximum Gasteiger partial charge on any atom is 0.248 e. The number of benzene rings is 2. The highest BCUT2D eigenvalue weighted by Gasteiger charge is 2.03. The minimum atomic E-state index is -0.496. The second-order valence-electron chi connectivity index (χ2n) is 4.24. The molecule has 1 amide bonds. The van der Waals surface area contributed by atoms with Gasteiger partial charge in [0.1, 0.15) is 11.5 Å². The van der Waals surface area contributed by atoms with Gasteiger partial charge in [-0.3, -0.25) is 4.79 Å². The summed E-state index contributed by atoms with van der Waals surface area (Å²) in [6.07, 6.45) is -0.496. The number of carbonyl (C=O) groups excluding carboxylic acids is 1. The van der Waals surface area contributed by atoms with Crippen molar-refractivity contribution in [3.63, 3.8) is 0 Å². The number of amides is 1. The van der Waals surface area contributed by atoms with E-state index in [0.717, 1.165) is 5.56 Å². The molecule has 3 N–H and O–H groups in total. The molecule has 0 saturated carbocycles. The standard InChI is InChI=1S/C15H15NO3/c1-10(17)11-2-6-13(7-3-11)19-14-8-4-12(5-9-14)15(16)18/h2-10,17H,1H3,(H2,16,18)/t10-/m1/s1. The van der Waals surface area contributed by atoms with Gasteiger partial charge in [0.15, 0.2) is 0 Å². The number of carbonyl (C=O) groups is 1. The van der Waals surface area contributed by atoms with E-state index in [1.165, 1.54) is 0 Å². The molecule has 4 nitrogen and oxygen atoms in total. The largest absolute Gasteiger partial charge is 0.457 e. The third-order valence-electron chi connectivity index (χ3n) is 2.74. The predicted molar refractivity (Wildman–Crippen MR) is 72.1 cm³/mol. The van der Waals surface area contributed by atoms with Gasteiger partial charge in [-0.15, -0.1) is 0 Å². The first-order valence-electron chi connectivity index (χ1n) is 5.92. The first-order valence-corrected chi connectivity index (χ1v) is 5.92. The third kappa shape index (κ3) is 3.33. The lowest BCUT2D eigenvalue weighted by atomic mass is 10.1. The highest BCUT2D eigenvalue weighted by Crippen LogP contribution is 2.23. The van der Waals surface area contributed by atoms with Crippen LogP contribution in [0.25, 0.3) is 0 Å². The molecule has 0 heterocycles. The molecule has 0 saturated heterocycles. The van der Waals surface area contributed by atoms with Crippen molar-refractivity contribution >= 4 is 5.91 Å². The Bertz CT molecular complexity index is 559. The number of hydrogen-bond acceptors (Lipinski definition) is 3. The van der Waals surface area contributed by atoms with E-state index in [4.69, 9.17) is 10.5 Å². The fraction of sp³-hybridized carbons (Fsp3) is 0.133. The molecule has 19 heavy (non-hydrogen) atoms. The van der Waals surface area contributed by atoms with Gasteiger partial charge in [-0.05, 0) is 48.9 Å². The molecule has 0 aliphatic heterocycles. The van der Waals surface area contributed by atoms with Gasteiger partial charge in [-0.1, -0.05) is 12.1 Å². The van der Waals surface area contributed by atoms with Gasteiger partial charge in [0, 0.05) is 5.56 Å². The van der Waals surface area contributed by atoms with Crippen molar-refractivity contribution < 1.29 is 14.6 Å². The Balaban J connectivity index is 2.10. The Labute approximate surface area is 111 Å². The summed E-state index contributed by atoms with van der Waals surface area (Å²) in [5.74, 6) is 0.818. The Morgan fingerprint density at radius 1 is 1.05 bits per heavy atom. The van der Waals surface area contributed by atoms with Crippen molar-refractivity contribution in [2.24, 2.45) is 5.73 Å². The second kappa shape index (κ2) is 5.54. The van der Waals surface area contributed by atoms with Crippen molar-refractivity contribution in [1.29, 1.82) is 0 Å². The van der Waals surface area contributed by atoms with E-state index in [-0.39, 0.29) is 0 Å². The molecule has 0 bridgehead atoms. The molecular formula is C15H15NO3. The van der Waals surface area contributed by atoms with E-state index in [2.05, 4.69) is 0 Å². The molecule has 0 radical (unpaired) electrons. The second-order valence-corrected chi connectivity index (χ2v) is 4.24. The lowest BCUT2D eigenvalue weighted by molar-refractivity contribution is 0.100. The van der Waals surface area contributed by atoms with Crippen LogP contribution in [0.15, 0.2) is 48.5 Å². The van der Waals surface area contributed by atoms with Gasteiger partial charge in [0.2, 0.25) is 5.91 Å². The van der Waals surface area contributed by atoms with E-state index in [0.29, 0.717) is 17.1 Å². The van der Waals surface area contributed by atoms with Gasteiger partial charge >= 0.3 is 0 Å². The molecule has 0 aliphatic carbocycles. The van der Waals surface area contributed by atoms with Crippen LogP contribution in [0.2, 0.25) is 0 Å². The zero-order valence-electron chi connectivity index (χ0n) is 10.5. The van der Waals surface area contributed by atoms with Crippen LogP contribution >= 0.6 is 0 Å². The molecule has 2 aromatic carbocycles. The first-order chi connectivity index (χ1) is 9.06. The van der Waals surface area contributed by atoms with Crippen LogP contribution in [0.1, 0.15) is 28.9 Å². The summed E-state index contributed by atoms with van der Waals surface area (Å²) in [7, 11) is 0. The maximum atomic E-state index is 10.9. The lowest BCUT2D eigenvalue weighted by Gasteiger charge is -2.08. The van der Waals surface area contributed by atoms with E-state index < -0.39 is 12.0 Å². The van der Waals surface area contributed by atoms with Gasteiger partial charge < -0.3 is 15.6 Å². The van der Waals surface area contributed by atoms with Crippen LogP contribution < -0.4 is 10.5 Å². The number of rotatable bonds is 4. The van der Waals surface area contributed by atoms with Crippen molar-refractivity contribution in [3.05, 3.63) is 59.7 Å². The zero-order chi connectivity index (χ0) is 13.8. The maximum absolute atomic E-state index is 10.9. The van der Waals surface area contributed by atoms with Crippen LogP contribution in [0, 0.1) is 0 Å². The van der Waals surface area contributed by atoms with Crippen LogP contribution in [-0.2, 0) is 0 Å². The molecular weight excluding hydrogens is 242 g/mol. The third-order valence-corrected chi connectivity index (χ3v) is 2.74. The molecule has 2 rings (SSSR count). The normalized spacial score (nSPS) is 11.9. The average molecular weight is 257 g/mol. The van der Waals surface area contributed by atoms with Crippen molar-refractivity contribution in [2.45, 2.75) is 13.0 Å². The van der Waals surface area contributed by atoms with Crippen LogP contribution in [0.3, 0.4) is 0 Å². The highest BCUT2D eigenvalue weighted by molar-refractivity contribution is 5.92. The number of primary amides is 1. The Kier molecular flexibility index (Phi) is 3.82. The molecule has 0 unspecified atom stereocenters. The molecule has 2 aromatic rings. The Hall–Kier alpha value is -2.33. The number of hydrogen-bond donors (Lipinski definition) is 2. The van der Waals surface area contributed by atoms with Gasteiger partial charge in [-0.25, -0.2) is 0 Å². The monoisotopic (exact) mass is 257 g/mol. The topological polar surface area (TPSA) is 72.6 Å². The van der Waals surface area contributed by atoms with Gasteiger partial charge in [0.25, 0.3) is 0 Å². The molecule has 0 spiro atoms. The van der Waals surface area contributed by atoms with Gasteiger partial charge in [0.05, 0.1) is 6.10 Å². The van der Waals surface area contributed by atoms with E-state index in [1.807, 2.05) is 0 Å². The minimum Gasteiger partial charge on any atom is -0.457 e. The zero-order valence-corrected chi connectivity index (χ0v) is 10.5. The summed E-state index contributed by atoms with van der Waals surface area (Å²) >= 11 is 0. The minimum absolute atomic E-state index is 0.441. The number of aliphatic hydroxyl groups excluding tert-OH is 1. The molecule has 0 aromatic heterocycles. The van der Waals surface area contributed by atoms with E-state index in [9.17, 15) is 9.90 Å².